The summed E-state index contributed by atoms with van der Waals surface area (Å²) in [6.45, 7) is 3.38. The van der Waals surface area contributed by atoms with Crippen LogP contribution in [0.1, 0.15) is 28.9 Å². The Balaban J connectivity index is 1.48. The summed E-state index contributed by atoms with van der Waals surface area (Å²) in [5.74, 6) is 1.08. The maximum absolute atomic E-state index is 12.7. The van der Waals surface area contributed by atoms with Gasteiger partial charge in [-0.2, -0.15) is 5.10 Å². The molecule has 0 radical (unpaired) electrons. The average Bonchev–Trinajstić information content (AvgIpc) is 3.44. The molecule has 4 rings (SSSR count). The van der Waals surface area contributed by atoms with E-state index in [4.69, 9.17) is 9.15 Å². The fourth-order valence-electron chi connectivity index (χ4n) is 3.37. The first-order valence-electron chi connectivity index (χ1n) is 10.3. The molecule has 0 spiro atoms. The Hall–Kier alpha value is -4.40. The summed E-state index contributed by atoms with van der Waals surface area (Å²) in [6, 6.07) is 16.3. The van der Waals surface area contributed by atoms with E-state index in [1.54, 1.807) is 26.2 Å². The van der Waals surface area contributed by atoms with Crippen LogP contribution in [0.2, 0.25) is 0 Å². The van der Waals surface area contributed by atoms with Crippen LogP contribution in [0.4, 0.5) is 5.69 Å². The fourth-order valence-corrected chi connectivity index (χ4v) is 3.37. The average molecular weight is 445 g/mol. The Morgan fingerprint density at radius 3 is 2.58 bits per heavy atom. The van der Waals surface area contributed by atoms with Crippen LogP contribution in [0.5, 0.6) is 5.75 Å². The largest absolute Gasteiger partial charge is 0.496 e. The van der Waals surface area contributed by atoms with E-state index in [1.807, 2.05) is 42.5 Å². The zero-order chi connectivity index (χ0) is 23.4. The number of nitrogens with one attached hydrogen (secondary N) is 3. The number of para-hydroxylation sites is 2. The zero-order valence-corrected chi connectivity index (χ0v) is 18.4. The molecule has 168 valence electrons. The van der Waals surface area contributed by atoms with Gasteiger partial charge in [0.15, 0.2) is 0 Å². The van der Waals surface area contributed by atoms with Gasteiger partial charge in [0.05, 0.1) is 30.6 Å². The topological polar surface area (TPSA) is 122 Å². The summed E-state index contributed by atoms with van der Waals surface area (Å²) in [5, 5.41) is 12.6. The van der Waals surface area contributed by atoms with E-state index in [0.717, 1.165) is 5.56 Å². The second-order valence-electron chi connectivity index (χ2n) is 7.30. The van der Waals surface area contributed by atoms with Crippen molar-refractivity contribution in [2.24, 2.45) is 0 Å². The number of aromatic nitrogens is 3. The van der Waals surface area contributed by atoms with Crippen molar-refractivity contribution < 1.29 is 18.7 Å². The lowest BCUT2D eigenvalue weighted by atomic mass is 10.1. The van der Waals surface area contributed by atoms with E-state index in [0.29, 0.717) is 45.7 Å². The van der Waals surface area contributed by atoms with Crippen LogP contribution >= 0.6 is 0 Å². The predicted octanol–water partition coefficient (Wildman–Crippen LogP) is 3.94. The minimum atomic E-state index is -0.328. The van der Waals surface area contributed by atoms with Gasteiger partial charge < -0.3 is 19.8 Å². The summed E-state index contributed by atoms with van der Waals surface area (Å²) in [5.41, 5.74) is 3.54. The molecule has 3 N–H and O–H groups in total. The molecule has 4 aromatic rings. The molecule has 9 heteroatoms. The molecule has 0 fully saturated rings. The van der Waals surface area contributed by atoms with Gasteiger partial charge in [-0.1, -0.05) is 24.3 Å². The molecule has 0 atom stereocenters. The van der Waals surface area contributed by atoms with Gasteiger partial charge >= 0.3 is 0 Å². The number of aromatic amines is 1. The lowest BCUT2D eigenvalue weighted by molar-refractivity contribution is -0.114. The third-order valence-electron chi connectivity index (χ3n) is 4.98. The Morgan fingerprint density at radius 1 is 1.09 bits per heavy atom. The van der Waals surface area contributed by atoms with E-state index in [1.165, 1.54) is 6.92 Å². The van der Waals surface area contributed by atoms with Crippen LogP contribution < -0.4 is 15.4 Å². The third-order valence-corrected chi connectivity index (χ3v) is 4.98. The van der Waals surface area contributed by atoms with Crippen LogP contribution in [-0.4, -0.2) is 34.1 Å². The number of hydrogen-bond donors (Lipinski definition) is 3. The number of ether oxygens (including phenoxy) is 1. The van der Waals surface area contributed by atoms with Gasteiger partial charge in [0.2, 0.25) is 11.8 Å². The molecule has 2 aromatic carbocycles. The molecule has 0 bridgehead atoms. The van der Waals surface area contributed by atoms with E-state index in [2.05, 4.69) is 25.8 Å². The number of rotatable bonds is 7. The van der Waals surface area contributed by atoms with Gasteiger partial charge in [0.1, 0.15) is 22.9 Å². The molecule has 0 aliphatic rings. The number of carbonyl (C=O) groups excluding carboxylic acids is 2. The first-order valence-corrected chi connectivity index (χ1v) is 10.3. The van der Waals surface area contributed by atoms with E-state index in [-0.39, 0.29) is 18.4 Å². The molecule has 0 aliphatic carbocycles. The number of nitrogens with zero attached hydrogens (tertiary/aromatic N) is 2. The highest BCUT2D eigenvalue weighted by atomic mass is 16.5. The number of aryl methyl sites for hydroxylation is 1. The van der Waals surface area contributed by atoms with Gasteiger partial charge in [0.25, 0.3) is 5.91 Å². The Kier molecular flexibility index (Phi) is 6.21. The molecule has 0 saturated carbocycles. The lowest BCUT2D eigenvalue weighted by Gasteiger charge is -2.06. The van der Waals surface area contributed by atoms with Crippen molar-refractivity contribution in [1.82, 2.24) is 20.5 Å². The van der Waals surface area contributed by atoms with Crippen molar-refractivity contribution in [3.05, 3.63) is 71.7 Å². The van der Waals surface area contributed by atoms with Crippen LogP contribution in [0, 0.1) is 6.92 Å². The fraction of sp³-hybridized carbons (Fsp3) is 0.167. The van der Waals surface area contributed by atoms with Gasteiger partial charge in [-0.25, -0.2) is 4.98 Å². The highest BCUT2D eigenvalue weighted by molar-refractivity contribution is 5.94. The predicted molar refractivity (Wildman–Crippen MR) is 123 cm³/mol. The van der Waals surface area contributed by atoms with E-state index >= 15 is 0 Å². The maximum atomic E-state index is 12.7. The smallest absolute Gasteiger partial charge is 0.269 e. The van der Waals surface area contributed by atoms with E-state index in [9.17, 15) is 9.59 Å². The number of oxazole rings is 1. The number of H-pyrrole nitrogens is 1. The summed E-state index contributed by atoms with van der Waals surface area (Å²) < 4.78 is 11.2. The third kappa shape index (κ3) is 4.77. The minimum absolute atomic E-state index is 0.166. The zero-order valence-electron chi connectivity index (χ0n) is 18.4. The second-order valence-corrected chi connectivity index (χ2v) is 7.30. The summed E-state index contributed by atoms with van der Waals surface area (Å²) in [4.78, 5) is 28.7. The Bertz CT molecular complexity index is 1310. The van der Waals surface area contributed by atoms with Crippen molar-refractivity contribution in [3.8, 4) is 28.5 Å². The lowest BCUT2D eigenvalue weighted by Crippen LogP contribution is -2.23. The molecule has 0 unspecified atom stereocenters. The number of methoxy groups -OCH3 is 1. The van der Waals surface area contributed by atoms with Crippen molar-refractivity contribution in [2.75, 3.05) is 12.4 Å². The first-order chi connectivity index (χ1) is 16.0. The summed E-state index contributed by atoms with van der Waals surface area (Å²) in [7, 11) is 1.59. The van der Waals surface area contributed by atoms with Crippen molar-refractivity contribution in [3.63, 3.8) is 0 Å². The Labute approximate surface area is 190 Å². The number of hydrogen-bond acceptors (Lipinski definition) is 6. The van der Waals surface area contributed by atoms with Crippen LogP contribution in [0.3, 0.4) is 0 Å². The maximum Gasteiger partial charge on any atom is 0.269 e. The minimum Gasteiger partial charge on any atom is -0.496 e. The highest BCUT2D eigenvalue weighted by Crippen LogP contribution is 2.30. The van der Waals surface area contributed by atoms with Gasteiger partial charge in [-0.05, 0) is 37.3 Å². The van der Waals surface area contributed by atoms with Crippen LogP contribution in [0.15, 0.2) is 59.0 Å². The normalized spacial score (nSPS) is 10.6. The number of carbonyl (C=O) groups is 2. The summed E-state index contributed by atoms with van der Waals surface area (Å²) >= 11 is 0. The number of anilines is 1. The van der Waals surface area contributed by atoms with Gasteiger partial charge in [0, 0.05) is 12.5 Å². The molecule has 33 heavy (non-hydrogen) atoms. The van der Waals surface area contributed by atoms with Crippen molar-refractivity contribution >= 4 is 17.5 Å². The molecule has 2 aromatic heterocycles. The molecular formula is C24H23N5O4. The number of amides is 2. The molecule has 2 amide bonds. The monoisotopic (exact) mass is 445 g/mol. The molecule has 9 nitrogen and oxygen atoms in total. The van der Waals surface area contributed by atoms with Gasteiger partial charge in [-0.3, -0.25) is 14.7 Å². The molecule has 2 heterocycles. The quantitative estimate of drug-likeness (QED) is 0.396. The molecule has 0 aliphatic heterocycles. The van der Waals surface area contributed by atoms with Crippen LogP contribution in [-0.2, 0) is 11.3 Å². The standard InChI is InChI=1S/C24H23N5O4/c1-14-21(27-24(33-14)17-9-4-6-10-18(17)26-15(2)30)13-25-23(31)20-12-19(28-29-20)16-8-5-7-11-22(16)32-3/h4-12H,13H2,1-3H3,(H,25,31)(H,26,30)(H,28,29). The van der Waals surface area contributed by atoms with Crippen molar-refractivity contribution in [1.29, 1.82) is 0 Å². The van der Waals surface area contributed by atoms with E-state index < -0.39 is 0 Å². The first kappa shape index (κ1) is 21.8. The molecule has 0 saturated heterocycles. The summed E-state index contributed by atoms with van der Waals surface area (Å²) in [6.07, 6.45) is 0. The Morgan fingerprint density at radius 2 is 1.82 bits per heavy atom. The highest BCUT2D eigenvalue weighted by Gasteiger charge is 2.17. The van der Waals surface area contributed by atoms with Crippen molar-refractivity contribution in [2.45, 2.75) is 20.4 Å². The SMILES string of the molecule is COc1ccccc1-c1cc(C(=O)NCc2nc(-c3ccccc3NC(C)=O)oc2C)[nH]n1. The van der Waals surface area contributed by atoms with Crippen LogP contribution in [0.25, 0.3) is 22.7 Å². The molecular weight excluding hydrogens is 422 g/mol. The number of benzene rings is 2. The van der Waals surface area contributed by atoms with Gasteiger partial charge in [-0.15, -0.1) is 0 Å². The second kappa shape index (κ2) is 9.39.